The third-order valence-corrected chi connectivity index (χ3v) is 3.42. The predicted octanol–water partition coefficient (Wildman–Crippen LogP) is 1.02. The summed E-state index contributed by atoms with van der Waals surface area (Å²) in [5.41, 5.74) is 0.662. The minimum absolute atomic E-state index is 0.201. The summed E-state index contributed by atoms with van der Waals surface area (Å²) in [6.07, 6.45) is -0.497. The SMILES string of the molecule is CCNC(=O)[C@H](C)OC(=O)c1ccc(N2C(=O)CCC2=O)cc1. The van der Waals surface area contributed by atoms with Crippen LogP contribution < -0.4 is 10.2 Å². The number of anilines is 1. The summed E-state index contributed by atoms with van der Waals surface area (Å²) in [5, 5.41) is 2.56. The fourth-order valence-electron chi connectivity index (χ4n) is 2.21. The molecule has 0 bridgehead atoms. The van der Waals surface area contributed by atoms with Gasteiger partial charge in [-0.2, -0.15) is 0 Å². The Labute approximate surface area is 133 Å². The lowest BCUT2D eigenvalue weighted by Crippen LogP contribution is -2.35. The monoisotopic (exact) mass is 318 g/mol. The van der Waals surface area contributed by atoms with Gasteiger partial charge in [-0.25, -0.2) is 4.79 Å². The molecule has 1 heterocycles. The van der Waals surface area contributed by atoms with E-state index in [0.29, 0.717) is 12.2 Å². The van der Waals surface area contributed by atoms with E-state index in [1.54, 1.807) is 6.92 Å². The van der Waals surface area contributed by atoms with Gasteiger partial charge in [-0.1, -0.05) is 0 Å². The van der Waals surface area contributed by atoms with Crippen molar-refractivity contribution in [1.29, 1.82) is 0 Å². The van der Waals surface area contributed by atoms with E-state index < -0.39 is 12.1 Å². The second-order valence-electron chi connectivity index (χ2n) is 5.11. The maximum absolute atomic E-state index is 12.0. The summed E-state index contributed by atoms with van der Waals surface area (Å²) < 4.78 is 5.06. The molecule has 1 aromatic carbocycles. The third-order valence-electron chi connectivity index (χ3n) is 3.42. The van der Waals surface area contributed by atoms with Crippen molar-refractivity contribution < 1.29 is 23.9 Å². The number of imide groups is 1. The van der Waals surface area contributed by atoms with Crippen molar-refractivity contribution in [3.05, 3.63) is 29.8 Å². The molecule has 0 aliphatic carbocycles. The minimum atomic E-state index is -0.899. The maximum Gasteiger partial charge on any atom is 0.338 e. The Balaban J connectivity index is 2.04. The zero-order valence-electron chi connectivity index (χ0n) is 13.0. The quantitative estimate of drug-likeness (QED) is 0.646. The highest BCUT2D eigenvalue weighted by atomic mass is 16.5. The van der Waals surface area contributed by atoms with E-state index in [-0.39, 0.29) is 36.1 Å². The van der Waals surface area contributed by atoms with Crippen molar-refractivity contribution >= 4 is 29.4 Å². The number of benzene rings is 1. The van der Waals surface area contributed by atoms with Gasteiger partial charge in [0.1, 0.15) is 0 Å². The van der Waals surface area contributed by atoms with Crippen molar-refractivity contribution in [1.82, 2.24) is 5.32 Å². The van der Waals surface area contributed by atoms with E-state index in [2.05, 4.69) is 5.32 Å². The molecule has 0 unspecified atom stereocenters. The van der Waals surface area contributed by atoms with Gasteiger partial charge in [0.15, 0.2) is 6.10 Å². The van der Waals surface area contributed by atoms with Gasteiger partial charge in [-0.3, -0.25) is 19.3 Å². The molecule has 0 radical (unpaired) electrons. The normalized spacial score (nSPS) is 15.5. The van der Waals surface area contributed by atoms with Crippen LogP contribution in [0.2, 0.25) is 0 Å². The van der Waals surface area contributed by atoms with E-state index in [1.807, 2.05) is 0 Å². The molecule has 1 fully saturated rings. The number of nitrogens with zero attached hydrogens (tertiary/aromatic N) is 1. The Kier molecular flexibility index (Phi) is 5.10. The first-order chi connectivity index (χ1) is 10.9. The lowest BCUT2D eigenvalue weighted by atomic mass is 10.2. The van der Waals surface area contributed by atoms with Gasteiger partial charge in [-0.05, 0) is 38.1 Å². The summed E-state index contributed by atoms with van der Waals surface area (Å²) in [5.74, 6) is -1.52. The minimum Gasteiger partial charge on any atom is -0.449 e. The molecule has 1 saturated heterocycles. The Morgan fingerprint density at radius 1 is 1.17 bits per heavy atom. The molecule has 1 aromatic rings. The number of carbonyl (C=O) groups excluding carboxylic acids is 4. The van der Waals surface area contributed by atoms with Crippen LogP contribution in [-0.4, -0.2) is 36.3 Å². The molecule has 0 spiro atoms. The first-order valence-electron chi connectivity index (χ1n) is 7.38. The fourth-order valence-corrected chi connectivity index (χ4v) is 2.21. The van der Waals surface area contributed by atoms with E-state index >= 15 is 0 Å². The number of hydrogen-bond donors (Lipinski definition) is 1. The molecule has 7 heteroatoms. The molecule has 0 saturated carbocycles. The second kappa shape index (κ2) is 7.04. The summed E-state index contributed by atoms with van der Waals surface area (Å²) in [4.78, 5) is 47.9. The van der Waals surface area contributed by atoms with Crippen LogP contribution in [0.15, 0.2) is 24.3 Å². The van der Waals surface area contributed by atoms with E-state index in [0.717, 1.165) is 4.90 Å². The molecule has 2 rings (SSSR count). The van der Waals surface area contributed by atoms with Gasteiger partial charge >= 0.3 is 5.97 Å². The van der Waals surface area contributed by atoms with Gasteiger partial charge in [0, 0.05) is 19.4 Å². The van der Waals surface area contributed by atoms with Gasteiger partial charge in [-0.15, -0.1) is 0 Å². The van der Waals surface area contributed by atoms with Gasteiger partial charge in [0.05, 0.1) is 11.3 Å². The Hall–Kier alpha value is -2.70. The Morgan fingerprint density at radius 2 is 1.74 bits per heavy atom. The second-order valence-corrected chi connectivity index (χ2v) is 5.11. The topological polar surface area (TPSA) is 92.8 Å². The number of hydrogen-bond acceptors (Lipinski definition) is 5. The third kappa shape index (κ3) is 3.74. The maximum atomic E-state index is 12.0. The van der Waals surface area contributed by atoms with Crippen LogP contribution in [0.1, 0.15) is 37.0 Å². The predicted molar refractivity (Wildman–Crippen MR) is 81.7 cm³/mol. The average molecular weight is 318 g/mol. The van der Waals surface area contributed by atoms with Gasteiger partial charge in [0.25, 0.3) is 5.91 Å². The molecular weight excluding hydrogens is 300 g/mol. The summed E-state index contributed by atoms with van der Waals surface area (Å²) in [7, 11) is 0. The van der Waals surface area contributed by atoms with Crippen molar-refractivity contribution in [2.24, 2.45) is 0 Å². The molecular formula is C16H18N2O5. The van der Waals surface area contributed by atoms with Gasteiger partial charge in [0.2, 0.25) is 11.8 Å². The van der Waals surface area contributed by atoms with Crippen molar-refractivity contribution in [3.8, 4) is 0 Å². The summed E-state index contributed by atoms with van der Waals surface area (Å²) in [6.45, 7) is 3.71. The Morgan fingerprint density at radius 3 is 2.26 bits per heavy atom. The largest absolute Gasteiger partial charge is 0.449 e. The van der Waals surface area contributed by atoms with Crippen LogP contribution in [-0.2, 0) is 19.1 Å². The number of carbonyl (C=O) groups is 4. The Bertz CT molecular complexity index is 622. The lowest BCUT2D eigenvalue weighted by Gasteiger charge is -2.15. The van der Waals surface area contributed by atoms with E-state index in [9.17, 15) is 19.2 Å². The van der Waals surface area contributed by atoms with Crippen molar-refractivity contribution in [2.75, 3.05) is 11.4 Å². The number of amides is 3. The highest BCUT2D eigenvalue weighted by Crippen LogP contribution is 2.23. The first kappa shape index (κ1) is 16.7. The van der Waals surface area contributed by atoms with Crippen LogP contribution in [0.25, 0.3) is 0 Å². The molecule has 1 N–H and O–H groups in total. The van der Waals surface area contributed by atoms with Crippen LogP contribution in [0.4, 0.5) is 5.69 Å². The van der Waals surface area contributed by atoms with E-state index in [1.165, 1.54) is 31.2 Å². The van der Waals surface area contributed by atoms with Crippen LogP contribution in [0, 0.1) is 0 Å². The number of likely N-dealkylation sites (N-methyl/N-ethyl adjacent to an activating group) is 1. The number of esters is 1. The summed E-state index contributed by atoms with van der Waals surface area (Å²) >= 11 is 0. The molecule has 1 atom stereocenters. The number of nitrogens with one attached hydrogen (secondary N) is 1. The molecule has 1 aliphatic heterocycles. The highest BCUT2D eigenvalue weighted by Gasteiger charge is 2.30. The summed E-state index contributed by atoms with van der Waals surface area (Å²) in [6, 6.07) is 5.94. The molecule has 1 aliphatic rings. The zero-order chi connectivity index (χ0) is 17.0. The van der Waals surface area contributed by atoms with Crippen molar-refractivity contribution in [3.63, 3.8) is 0 Å². The first-order valence-corrected chi connectivity index (χ1v) is 7.38. The molecule has 122 valence electrons. The standard InChI is InChI=1S/C16H18N2O5/c1-3-17-15(21)10(2)23-16(22)11-4-6-12(7-5-11)18-13(19)8-9-14(18)20/h4-7,10H,3,8-9H2,1-2H3,(H,17,21)/t10-/m0/s1. The van der Waals surface area contributed by atoms with Crippen LogP contribution in [0.3, 0.4) is 0 Å². The van der Waals surface area contributed by atoms with Crippen LogP contribution >= 0.6 is 0 Å². The van der Waals surface area contributed by atoms with E-state index in [4.69, 9.17) is 4.74 Å². The van der Waals surface area contributed by atoms with Gasteiger partial charge < -0.3 is 10.1 Å². The highest BCUT2D eigenvalue weighted by molar-refractivity contribution is 6.19. The molecule has 7 nitrogen and oxygen atoms in total. The van der Waals surface area contributed by atoms with Crippen molar-refractivity contribution in [2.45, 2.75) is 32.8 Å². The number of ether oxygens (including phenoxy) is 1. The fraction of sp³-hybridized carbons (Fsp3) is 0.375. The molecule has 3 amide bonds. The van der Waals surface area contributed by atoms with Crippen LogP contribution in [0.5, 0.6) is 0 Å². The average Bonchev–Trinajstić information content (AvgIpc) is 2.86. The smallest absolute Gasteiger partial charge is 0.338 e. The molecule has 23 heavy (non-hydrogen) atoms. The lowest BCUT2D eigenvalue weighted by molar-refractivity contribution is -0.129. The number of rotatable bonds is 5. The zero-order valence-corrected chi connectivity index (χ0v) is 13.0. The molecule has 0 aromatic heterocycles.